The molecule has 1 aromatic heterocycles. The highest BCUT2D eigenvalue weighted by molar-refractivity contribution is 5.84. The average molecular weight is 459 g/mol. The number of rotatable bonds is 10. The van der Waals surface area contributed by atoms with Crippen LogP contribution in [0.3, 0.4) is 0 Å². The van der Waals surface area contributed by atoms with E-state index >= 15 is 0 Å². The zero-order valence-electron chi connectivity index (χ0n) is 20.4. The van der Waals surface area contributed by atoms with Gasteiger partial charge in [-0.25, -0.2) is 0 Å². The van der Waals surface area contributed by atoms with Crippen molar-refractivity contribution in [2.24, 2.45) is 5.92 Å². The van der Waals surface area contributed by atoms with Crippen molar-refractivity contribution < 1.29 is 4.79 Å². The number of nitrogens with one attached hydrogen (secondary N) is 2. The molecular weight excluding hydrogens is 420 g/mol. The van der Waals surface area contributed by atoms with Crippen molar-refractivity contribution in [3.05, 3.63) is 84.2 Å². The van der Waals surface area contributed by atoms with Gasteiger partial charge in [0, 0.05) is 49.8 Å². The van der Waals surface area contributed by atoms with Crippen molar-refractivity contribution in [3.63, 3.8) is 0 Å². The highest BCUT2D eigenvalue weighted by atomic mass is 16.2. The summed E-state index contributed by atoms with van der Waals surface area (Å²) in [6.07, 6.45) is 13.4. The maximum absolute atomic E-state index is 12.6. The molecule has 2 heterocycles. The molecule has 34 heavy (non-hydrogen) atoms. The van der Waals surface area contributed by atoms with Gasteiger partial charge in [0.05, 0.1) is 0 Å². The van der Waals surface area contributed by atoms with Gasteiger partial charge in [-0.3, -0.25) is 9.78 Å². The molecule has 0 spiro atoms. The number of benzene rings is 1. The second kappa shape index (κ2) is 11.5. The van der Waals surface area contributed by atoms with Crippen molar-refractivity contribution in [3.8, 4) is 0 Å². The number of hydrogen-bond acceptors (Lipinski definition) is 4. The molecule has 2 aliphatic rings. The lowest BCUT2D eigenvalue weighted by Gasteiger charge is -2.32. The Morgan fingerprint density at radius 3 is 2.88 bits per heavy atom. The number of pyridine rings is 1. The summed E-state index contributed by atoms with van der Waals surface area (Å²) in [4.78, 5) is 19.0. The molecule has 3 unspecified atom stereocenters. The van der Waals surface area contributed by atoms with Crippen LogP contribution in [-0.2, 0) is 24.3 Å². The minimum Gasteiger partial charge on any atom is -0.357 e. The van der Waals surface area contributed by atoms with Crippen molar-refractivity contribution >= 4 is 11.6 Å². The highest BCUT2D eigenvalue weighted by Crippen LogP contribution is 2.36. The van der Waals surface area contributed by atoms with Crippen LogP contribution in [0.1, 0.15) is 60.8 Å². The number of likely N-dealkylation sites (N-methyl/N-ethyl adjacent to an activating group) is 1. The van der Waals surface area contributed by atoms with Crippen molar-refractivity contribution in [1.82, 2.24) is 20.5 Å². The second-order valence-corrected chi connectivity index (χ2v) is 9.66. The van der Waals surface area contributed by atoms with Gasteiger partial charge >= 0.3 is 0 Å². The van der Waals surface area contributed by atoms with Gasteiger partial charge in [-0.1, -0.05) is 49.8 Å². The fraction of sp³-hybridized carbons (Fsp3) is 0.448. The van der Waals surface area contributed by atoms with Crippen LogP contribution in [0.4, 0.5) is 0 Å². The summed E-state index contributed by atoms with van der Waals surface area (Å²) in [5, 5.41) is 6.64. The number of fused-ring (bicyclic) bond motifs is 1. The van der Waals surface area contributed by atoms with Crippen LogP contribution in [0.2, 0.25) is 0 Å². The van der Waals surface area contributed by atoms with E-state index in [0.29, 0.717) is 12.0 Å². The summed E-state index contributed by atoms with van der Waals surface area (Å²) in [5.74, 6) is 0.677. The molecule has 0 bridgehead atoms. The largest absolute Gasteiger partial charge is 0.357 e. The summed E-state index contributed by atoms with van der Waals surface area (Å²) >= 11 is 0. The van der Waals surface area contributed by atoms with E-state index in [2.05, 4.69) is 57.9 Å². The van der Waals surface area contributed by atoms with Crippen LogP contribution < -0.4 is 10.6 Å². The molecule has 3 atom stereocenters. The molecule has 1 saturated carbocycles. The van der Waals surface area contributed by atoms with Crippen LogP contribution in [0.15, 0.2) is 62.0 Å². The van der Waals surface area contributed by atoms with Crippen LogP contribution in [0.25, 0.3) is 5.70 Å². The standard InChI is InChI=1S/C29H38N4O/c1-4-5-12-28(29(34)30-3)33-20-25-17-22(13-14-26(25)21(33)2)16-24-10-6-7-11-27(24)32-19-23-9-8-15-31-18-23/h4,8-9,13-15,17-18,24,27-28,32H,1-2,5-7,10-12,16,19-20H2,3H3,(H,30,34). The molecule has 1 aromatic carbocycles. The van der Waals surface area contributed by atoms with Crippen molar-refractivity contribution in [1.29, 1.82) is 0 Å². The number of aromatic nitrogens is 1. The Hall–Kier alpha value is -2.92. The van der Waals surface area contributed by atoms with Gasteiger partial charge in [-0.2, -0.15) is 0 Å². The van der Waals surface area contributed by atoms with Crippen molar-refractivity contribution in [2.45, 2.75) is 70.1 Å². The molecule has 5 nitrogen and oxygen atoms in total. The first-order chi connectivity index (χ1) is 16.6. The zero-order chi connectivity index (χ0) is 23.9. The first kappa shape index (κ1) is 24.2. The molecule has 5 heteroatoms. The minimum absolute atomic E-state index is 0.0424. The van der Waals surface area contributed by atoms with Gasteiger partial charge in [0.25, 0.3) is 0 Å². The third kappa shape index (κ3) is 5.58. The predicted molar refractivity (Wildman–Crippen MR) is 139 cm³/mol. The Morgan fingerprint density at radius 2 is 2.12 bits per heavy atom. The number of allylic oxidation sites excluding steroid dienone is 1. The first-order valence-corrected chi connectivity index (χ1v) is 12.6. The second-order valence-electron chi connectivity index (χ2n) is 9.66. The third-order valence-electron chi connectivity index (χ3n) is 7.44. The van der Waals surface area contributed by atoms with E-state index in [0.717, 1.165) is 38.0 Å². The summed E-state index contributed by atoms with van der Waals surface area (Å²) in [7, 11) is 1.70. The summed E-state index contributed by atoms with van der Waals surface area (Å²) in [6, 6.07) is 11.3. The quantitative estimate of drug-likeness (QED) is 0.500. The number of hydrogen-bond donors (Lipinski definition) is 2. The van der Waals surface area contributed by atoms with E-state index in [1.54, 1.807) is 7.05 Å². The Morgan fingerprint density at radius 1 is 1.26 bits per heavy atom. The molecule has 2 N–H and O–H groups in total. The van der Waals surface area contributed by atoms with E-state index in [1.165, 1.54) is 47.9 Å². The van der Waals surface area contributed by atoms with E-state index in [-0.39, 0.29) is 11.9 Å². The summed E-state index contributed by atoms with van der Waals surface area (Å²) in [5.41, 5.74) is 6.03. The lowest BCUT2D eigenvalue weighted by Crippen LogP contribution is -2.42. The fourth-order valence-corrected chi connectivity index (χ4v) is 5.56. The van der Waals surface area contributed by atoms with E-state index in [1.807, 2.05) is 24.5 Å². The smallest absolute Gasteiger partial charge is 0.242 e. The van der Waals surface area contributed by atoms with Gasteiger partial charge in [-0.05, 0) is 60.8 Å². The maximum Gasteiger partial charge on any atom is 0.242 e. The Labute approximate surface area is 204 Å². The normalized spacial score (nSPS) is 20.6. The van der Waals surface area contributed by atoms with Gasteiger partial charge in [-0.15, -0.1) is 6.58 Å². The molecule has 180 valence electrons. The first-order valence-electron chi connectivity index (χ1n) is 12.6. The van der Waals surface area contributed by atoms with Gasteiger partial charge in [0.15, 0.2) is 0 Å². The molecule has 1 fully saturated rings. The van der Waals surface area contributed by atoms with E-state index in [9.17, 15) is 4.79 Å². The van der Waals surface area contributed by atoms with Crippen LogP contribution in [0, 0.1) is 5.92 Å². The third-order valence-corrected chi connectivity index (χ3v) is 7.44. The van der Waals surface area contributed by atoms with Gasteiger partial charge < -0.3 is 15.5 Å². The lowest BCUT2D eigenvalue weighted by atomic mass is 9.80. The van der Waals surface area contributed by atoms with E-state index in [4.69, 9.17) is 0 Å². The zero-order valence-corrected chi connectivity index (χ0v) is 20.4. The molecular formula is C29H38N4O. The molecule has 1 aliphatic carbocycles. The lowest BCUT2D eigenvalue weighted by molar-refractivity contribution is -0.125. The maximum atomic E-state index is 12.6. The SMILES string of the molecule is C=CCCC(C(=O)NC)N1Cc2cc(CC3CCCCC3NCc3cccnc3)ccc2C1=C. The average Bonchev–Trinajstić information content (AvgIpc) is 3.19. The molecule has 0 radical (unpaired) electrons. The summed E-state index contributed by atoms with van der Waals surface area (Å²) < 4.78 is 0. The summed E-state index contributed by atoms with van der Waals surface area (Å²) in [6.45, 7) is 9.78. The highest BCUT2D eigenvalue weighted by Gasteiger charge is 2.32. The predicted octanol–water partition coefficient (Wildman–Crippen LogP) is 4.84. The number of amides is 1. The van der Waals surface area contributed by atoms with Crippen LogP contribution in [0.5, 0.6) is 0 Å². The number of nitrogens with zero attached hydrogens (tertiary/aromatic N) is 2. The Balaban J connectivity index is 1.44. The molecule has 2 aromatic rings. The van der Waals surface area contributed by atoms with Gasteiger partial charge in [0.2, 0.25) is 5.91 Å². The number of carbonyl (C=O) groups excluding carboxylic acids is 1. The Kier molecular flexibility index (Phi) is 8.17. The molecule has 4 rings (SSSR count). The van der Waals surface area contributed by atoms with Gasteiger partial charge in [0.1, 0.15) is 6.04 Å². The molecule has 0 saturated heterocycles. The van der Waals surface area contributed by atoms with Crippen molar-refractivity contribution in [2.75, 3.05) is 7.05 Å². The van der Waals surface area contributed by atoms with E-state index < -0.39 is 0 Å². The molecule has 1 aliphatic heterocycles. The molecule has 1 amide bonds. The minimum atomic E-state index is -0.217. The Bertz CT molecular complexity index is 1000. The monoisotopic (exact) mass is 458 g/mol. The fourth-order valence-electron chi connectivity index (χ4n) is 5.56. The van der Waals surface area contributed by atoms with Crippen LogP contribution >= 0.6 is 0 Å². The van der Waals surface area contributed by atoms with Crippen LogP contribution in [-0.4, -0.2) is 34.9 Å². The topological polar surface area (TPSA) is 57.3 Å². The number of carbonyl (C=O) groups is 1.